The number of hydrogen-bond donors (Lipinski definition) is 2. The van der Waals surface area contributed by atoms with E-state index in [1.54, 1.807) is 60.7 Å². The average Bonchev–Trinajstić information content (AvgIpc) is 3.03. The Morgan fingerprint density at radius 2 is 1.42 bits per heavy atom. The van der Waals surface area contributed by atoms with Crippen LogP contribution >= 0.6 is 12.0 Å². The van der Waals surface area contributed by atoms with E-state index in [0.717, 1.165) is 12.0 Å². The molecule has 0 unspecified atom stereocenters. The smallest absolute Gasteiger partial charge is 0.285 e. The predicted molar refractivity (Wildman–Crippen MR) is 96.1 cm³/mol. The summed E-state index contributed by atoms with van der Waals surface area (Å²) in [5, 5.41) is 30.7. The number of nitro groups is 1. The summed E-state index contributed by atoms with van der Waals surface area (Å²) in [5.74, 6) is 0.221. The number of aromatic hydroxyl groups is 2. The Kier molecular flexibility index (Phi) is 3.82. The molecule has 0 saturated carbocycles. The molecular formula is C19H13NO5S. The zero-order valence-electron chi connectivity index (χ0n) is 13.3. The van der Waals surface area contributed by atoms with Gasteiger partial charge in [-0.25, -0.2) is 0 Å². The maximum atomic E-state index is 11.4. The van der Waals surface area contributed by atoms with Crippen LogP contribution in [0.1, 0.15) is 16.7 Å². The molecule has 0 amide bonds. The first kappa shape index (κ1) is 16.4. The number of nitrogens with zero attached hydrogens (tertiary/aromatic N) is 1. The van der Waals surface area contributed by atoms with Crippen molar-refractivity contribution in [1.82, 2.24) is 0 Å². The minimum Gasteiger partial charge on any atom is -0.508 e. The zero-order valence-corrected chi connectivity index (χ0v) is 14.1. The number of hydrogen-bond acceptors (Lipinski definition) is 6. The average molecular weight is 367 g/mol. The second kappa shape index (κ2) is 6.05. The van der Waals surface area contributed by atoms with Gasteiger partial charge >= 0.3 is 0 Å². The highest BCUT2D eigenvalue weighted by molar-refractivity contribution is 7.95. The molecule has 0 bridgehead atoms. The van der Waals surface area contributed by atoms with Crippen LogP contribution in [-0.4, -0.2) is 15.1 Å². The van der Waals surface area contributed by atoms with Crippen LogP contribution in [0, 0.1) is 10.1 Å². The maximum Gasteiger partial charge on any atom is 0.285 e. The van der Waals surface area contributed by atoms with Gasteiger partial charge in [-0.2, -0.15) is 0 Å². The van der Waals surface area contributed by atoms with Gasteiger partial charge in [0.2, 0.25) is 0 Å². The number of fused-ring (bicyclic) bond motifs is 1. The van der Waals surface area contributed by atoms with E-state index in [4.69, 9.17) is 4.18 Å². The lowest BCUT2D eigenvalue weighted by molar-refractivity contribution is -0.387. The number of nitro benzene ring substituents is 1. The summed E-state index contributed by atoms with van der Waals surface area (Å²) in [5.41, 5.74) is 0.966. The molecule has 0 fully saturated rings. The molecule has 3 aromatic carbocycles. The zero-order chi connectivity index (χ0) is 18.3. The van der Waals surface area contributed by atoms with Crippen molar-refractivity contribution < 1.29 is 19.3 Å². The molecule has 2 N–H and O–H groups in total. The summed E-state index contributed by atoms with van der Waals surface area (Å²) in [6.07, 6.45) is 0. The van der Waals surface area contributed by atoms with E-state index >= 15 is 0 Å². The minimum absolute atomic E-state index is 0.0214. The van der Waals surface area contributed by atoms with E-state index in [2.05, 4.69) is 0 Å². The molecule has 0 spiro atoms. The number of phenols is 2. The molecule has 1 aliphatic rings. The predicted octanol–water partition coefficient (Wildman–Crippen LogP) is 4.34. The lowest BCUT2D eigenvalue weighted by Gasteiger charge is -2.29. The molecule has 1 heterocycles. The Hall–Kier alpha value is -3.03. The van der Waals surface area contributed by atoms with Gasteiger partial charge in [-0.3, -0.25) is 14.3 Å². The lowest BCUT2D eigenvalue weighted by atomic mass is 9.80. The molecule has 0 aromatic heterocycles. The van der Waals surface area contributed by atoms with Gasteiger partial charge in [-0.15, -0.1) is 0 Å². The van der Waals surface area contributed by atoms with Crippen molar-refractivity contribution in [1.29, 1.82) is 0 Å². The van der Waals surface area contributed by atoms with E-state index in [1.807, 2.05) is 0 Å². The maximum absolute atomic E-state index is 11.4. The van der Waals surface area contributed by atoms with Crippen molar-refractivity contribution in [3.63, 3.8) is 0 Å². The van der Waals surface area contributed by atoms with Crippen molar-refractivity contribution in [2.24, 2.45) is 0 Å². The fourth-order valence-corrected chi connectivity index (χ4v) is 4.17. The monoisotopic (exact) mass is 367 g/mol. The van der Waals surface area contributed by atoms with Crippen molar-refractivity contribution in [3.05, 3.63) is 93.5 Å². The molecule has 26 heavy (non-hydrogen) atoms. The lowest BCUT2D eigenvalue weighted by Crippen LogP contribution is -2.27. The van der Waals surface area contributed by atoms with Crippen molar-refractivity contribution in [2.45, 2.75) is 10.5 Å². The summed E-state index contributed by atoms with van der Waals surface area (Å²) in [7, 11) is 0. The highest BCUT2D eigenvalue weighted by atomic mass is 32.2. The first-order chi connectivity index (χ1) is 12.5. The normalized spacial score (nSPS) is 14.8. The molecule has 0 atom stereocenters. The summed E-state index contributed by atoms with van der Waals surface area (Å²) in [6, 6.07) is 17.9. The van der Waals surface area contributed by atoms with Crippen LogP contribution in [0.15, 0.2) is 71.6 Å². The molecule has 0 radical (unpaired) electrons. The molecule has 0 aliphatic carbocycles. The van der Waals surface area contributed by atoms with E-state index in [-0.39, 0.29) is 17.2 Å². The van der Waals surface area contributed by atoms with Crippen molar-refractivity contribution >= 4 is 17.7 Å². The third-order valence-corrected chi connectivity index (χ3v) is 5.30. The first-order valence-electron chi connectivity index (χ1n) is 7.75. The second-order valence-electron chi connectivity index (χ2n) is 5.85. The standard InChI is InChI=1S/C19H13NO5S/c21-14-8-4-12(5-9-14)19(13-6-10-15(22)11-7-13)16-2-1-3-17(20(23)24)18(16)26-25-19/h1-11,21-22H. The highest BCUT2D eigenvalue weighted by Gasteiger charge is 2.47. The molecular weight excluding hydrogens is 354 g/mol. The van der Waals surface area contributed by atoms with E-state index < -0.39 is 10.5 Å². The van der Waals surface area contributed by atoms with E-state index in [1.165, 1.54) is 6.07 Å². The summed E-state index contributed by atoms with van der Waals surface area (Å²) >= 11 is 0.961. The van der Waals surface area contributed by atoms with Gasteiger partial charge in [0.1, 0.15) is 16.4 Å². The van der Waals surface area contributed by atoms with Crippen LogP contribution < -0.4 is 0 Å². The van der Waals surface area contributed by atoms with Gasteiger partial charge in [-0.05, 0) is 35.4 Å². The van der Waals surface area contributed by atoms with Gasteiger partial charge in [0.25, 0.3) is 5.69 Å². The van der Waals surface area contributed by atoms with Gasteiger partial charge in [-0.1, -0.05) is 36.4 Å². The number of benzene rings is 3. The van der Waals surface area contributed by atoms with Crippen LogP contribution in [0.5, 0.6) is 11.5 Å². The largest absolute Gasteiger partial charge is 0.508 e. The quantitative estimate of drug-likeness (QED) is 0.406. The summed E-state index contributed by atoms with van der Waals surface area (Å²) in [4.78, 5) is 11.4. The molecule has 130 valence electrons. The molecule has 0 saturated heterocycles. The number of rotatable bonds is 3. The van der Waals surface area contributed by atoms with Crippen LogP contribution in [-0.2, 0) is 9.78 Å². The topological polar surface area (TPSA) is 92.8 Å². The Labute approximate surface area is 153 Å². The van der Waals surface area contributed by atoms with Crippen LogP contribution in [0.3, 0.4) is 0 Å². The van der Waals surface area contributed by atoms with E-state index in [9.17, 15) is 20.3 Å². The van der Waals surface area contributed by atoms with Gasteiger partial charge in [0.05, 0.1) is 4.92 Å². The van der Waals surface area contributed by atoms with Gasteiger partial charge in [0, 0.05) is 23.7 Å². The van der Waals surface area contributed by atoms with Crippen molar-refractivity contribution in [3.8, 4) is 11.5 Å². The third-order valence-electron chi connectivity index (χ3n) is 4.37. The minimum atomic E-state index is -1.09. The molecule has 3 aromatic rings. The molecule has 1 aliphatic heterocycles. The van der Waals surface area contributed by atoms with Gasteiger partial charge in [0.15, 0.2) is 5.60 Å². The Bertz CT molecular complexity index is 940. The van der Waals surface area contributed by atoms with Crippen LogP contribution in [0.4, 0.5) is 5.69 Å². The SMILES string of the molecule is O=[N+]([O-])c1cccc2c1SOC2(c1ccc(O)cc1)c1ccc(O)cc1. The van der Waals surface area contributed by atoms with E-state index in [0.29, 0.717) is 21.6 Å². The van der Waals surface area contributed by atoms with Crippen LogP contribution in [0.25, 0.3) is 0 Å². The molecule has 6 nitrogen and oxygen atoms in total. The fourth-order valence-electron chi connectivity index (χ4n) is 3.15. The summed E-state index contributed by atoms with van der Waals surface area (Å²) < 4.78 is 6.10. The first-order valence-corrected chi connectivity index (χ1v) is 8.49. The van der Waals surface area contributed by atoms with Gasteiger partial charge < -0.3 is 10.2 Å². The second-order valence-corrected chi connectivity index (χ2v) is 6.59. The highest BCUT2D eigenvalue weighted by Crippen LogP contribution is 2.55. The Morgan fingerprint density at radius 3 is 1.92 bits per heavy atom. The fraction of sp³-hybridized carbons (Fsp3) is 0.0526. The molecule has 4 rings (SSSR count). The third kappa shape index (κ3) is 2.40. The Morgan fingerprint density at radius 1 is 0.885 bits per heavy atom. The van der Waals surface area contributed by atoms with Crippen molar-refractivity contribution in [2.75, 3.05) is 0 Å². The van der Waals surface area contributed by atoms with Crippen LogP contribution in [0.2, 0.25) is 0 Å². The number of phenolic OH excluding ortho intramolecular Hbond substituents is 2. The molecule has 7 heteroatoms. The Balaban J connectivity index is 2.01. The summed E-state index contributed by atoms with van der Waals surface area (Å²) in [6.45, 7) is 0.